The molecule has 0 aliphatic rings. The first kappa shape index (κ1) is 17.2. The molecular formula is C17H20ClN7. The molecule has 0 unspecified atom stereocenters. The topological polar surface area (TPSA) is 79.5 Å². The predicted octanol–water partition coefficient (Wildman–Crippen LogP) is 2.08. The highest BCUT2D eigenvalue weighted by atomic mass is 35.5. The van der Waals surface area contributed by atoms with Gasteiger partial charge < -0.3 is 10.6 Å². The molecule has 0 bridgehead atoms. The first-order chi connectivity index (χ1) is 12.3. The van der Waals surface area contributed by atoms with Crippen LogP contribution in [0.5, 0.6) is 0 Å². The van der Waals surface area contributed by atoms with E-state index in [1.165, 1.54) is 0 Å². The number of rotatable bonds is 6. The molecule has 3 rings (SSSR count). The SMILES string of the molecule is CCNC(=NCc1nnc2ccccn12)NCCc1ccc(Cl)nc1. The molecule has 0 aliphatic heterocycles. The molecule has 7 nitrogen and oxygen atoms in total. The lowest BCUT2D eigenvalue weighted by atomic mass is 10.2. The van der Waals surface area contributed by atoms with Crippen LogP contribution in [0.4, 0.5) is 0 Å². The molecule has 8 heteroatoms. The van der Waals surface area contributed by atoms with E-state index in [1.54, 1.807) is 12.3 Å². The van der Waals surface area contributed by atoms with E-state index in [9.17, 15) is 0 Å². The van der Waals surface area contributed by atoms with Gasteiger partial charge in [0.15, 0.2) is 17.4 Å². The van der Waals surface area contributed by atoms with Crippen molar-refractivity contribution in [1.82, 2.24) is 30.2 Å². The first-order valence-electron chi connectivity index (χ1n) is 8.17. The second-order valence-corrected chi connectivity index (χ2v) is 5.79. The third-order valence-electron chi connectivity index (χ3n) is 3.60. The number of halogens is 1. The second-order valence-electron chi connectivity index (χ2n) is 5.41. The first-order valence-corrected chi connectivity index (χ1v) is 8.55. The Morgan fingerprint density at radius 3 is 2.92 bits per heavy atom. The van der Waals surface area contributed by atoms with Crippen molar-refractivity contribution in [3.63, 3.8) is 0 Å². The zero-order chi connectivity index (χ0) is 17.5. The zero-order valence-electron chi connectivity index (χ0n) is 14.0. The Kier molecular flexibility index (Phi) is 5.79. The van der Waals surface area contributed by atoms with Crippen LogP contribution in [0.3, 0.4) is 0 Å². The van der Waals surface area contributed by atoms with Crippen molar-refractivity contribution in [2.45, 2.75) is 19.9 Å². The van der Waals surface area contributed by atoms with Gasteiger partial charge in [-0.05, 0) is 37.1 Å². The monoisotopic (exact) mass is 357 g/mol. The summed E-state index contributed by atoms with van der Waals surface area (Å²) in [7, 11) is 0. The Bertz CT molecular complexity index is 842. The Morgan fingerprint density at radius 1 is 1.20 bits per heavy atom. The van der Waals surface area contributed by atoms with Gasteiger partial charge in [0.25, 0.3) is 0 Å². The molecule has 0 saturated carbocycles. The maximum atomic E-state index is 5.80. The minimum absolute atomic E-state index is 0.447. The van der Waals surface area contributed by atoms with E-state index in [-0.39, 0.29) is 0 Å². The van der Waals surface area contributed by atoms with E-state index < -0.39 is 0 Å². The summed E-state index contributed by atoms with van der Waals surface area (Å²) in [5.41, 5.74) is 1.94. The van der Waals surface area contributed by atoms with Gasteiger partial charge in [-0.3, -0.25) is 4.40 Å². The molecule has 0 amide bonds. The molecule has 3 aromatic heterocycles. The van der Waals surface area contributed by atoms with Gasteiger partial charge in [0.05, 0.1) is 0 Å². The maximum Gasteiger partial charge on any atom is 0.191 e. The number of guanidine groups is 1. The summed E-state index contributed by atoms with van der Waals surface area (Å²) in [4.78, 5) is 8.67. The smallest absolute Gasteiger partial charge is 0.191 e. The fraction of sp³-hybridized carbons (Fsp3) is 0.294. The number of hydrogen-bond acceptors (Lipinski definition) is 4. The third kappa shape index (κ3) is 4.67. The number of nitrogens with zero attached hydrogens (tertiary/aromatic N) is 5. The van der Waals surface area contributed by atoms with Crippen LogP contribution in [0.15, 0.2) is 47.7 Å². The van der Waals surface area contributed by atoms with Gasteiger partial charge in [-0.1, -0.05) is 23.7 Å². The number of fused-ring (bicyclic) bond motifs is 1. The lowest BCUT2D eigenvalue weighted by Crippen LogP contribution is -2.38. The van der Waals surface area contributed by atoms with E-state index in [0.29, 0.717) is 11.7 Å². The van der Waals surface area contributed by atoms with Crippen molar-refractivity contribution in [3.8, 4) is 0 Å². The van der Waals surface area contributed by atoms with E-state index in [0.717, 1.165) is 42.5 Å². The van der Waals surface area contributed by atoms with Gasteiger partial charge in [-0.25, -0.2) is 9.98 Å². The summed E-state index contributed by atoms with van der Waals surface area (Å²) >= 11 is 5.80. The van der Waals surface area contributed by atoms with Crippen molar-refractivity contribution in [1.29, 1.82) is 0 Å². The lowest BCUT2D eigenvalue weighted by molar-refractivity contribution is 0.786. The van der Waals surface area contributed by atoms with Crippen molar-refractivity contribution >= 4 is 23.2 Å². The molecule has 0 atom stereocenters. The average molecular weight is 358 g/mol. The summed E-state index contributed by atoms with van der Waals surface area (Å²) < 4.78 is 1.94. The largest absolute Gasteiger partial charge is 0.357 e. The van der Waals surface area contributed by atoms with Gasteiger partial charge in [-0.2, -0.15) is 0 Å². The molecule has 0 spiro atoms. The number of aromatic nitrogens is 4. The van der Waals surface area contributed by atoms with Crippen LogP contribution < -0.4 is 10.6 Å². The predicted molar refractivity (Wildman–Crippen MR) is 98.8 cm³/mol. The Balaban J connectivity index is 1.60. The summed E-state index contributed by atoms with van der Waals surface area (Å²) in [5, 5.41) is 15.4. The highest BCUT2D eigenvalue weighted by molar-refractivity contribution is 6.29. The van der Waals surface area contributed by atoms with Crippen molar-refractivity contribution in [3.05, 3.63) is 59.3 Å². The summed E-state index contributed by atoms with van der Waals surface area (Å²) in [6.07, 6.45) is 4.56. The van der Waals surface area contributed by atoms with Gasteiger partial charge >= 0.3 is 0 Å². The molecule has 0 fully saturated rings. The fourth-order valence-corrected chi connectivity index (χ4v) is 2.48. The molecule has 3 aromatic rings. The third-order valence-corrected chi connectivity index (χ3v) is 3.83. The molecule has 0 aromatic carbocycles. The molecule has 130 valence electrons. The maximum absolute atomic E-state index is 5.80. The number of hydrogen-bond donors (Lipinski definition) is 2. The molecule has 2 N–H and O–H groups in total. The minimum Gasteiger partial charge on any atom is -0.357 e. The Hall–Kier alpha value is -2.67. The van der Waals surface area contributed by atoms with E-state index >= 15 is 0 Å². The van der Waals surface area contributed by atoms with Crippen LogP contribution in [0, 0.1) is 0 Å². The number of nitrogens with one attached hydrogen (secondary N) is 2. The van der Waals surface area contributed by atoms with Gasteiger partial charge in [0.2, 0.25) is 0 Å². The summed E-state index contributed by atoms with van der Waals surface area (Å²) in [6, 6.07) is 9.58. The molecule has 25 heavy (non-hydrogen) atoms. The molecular weight excluding hydrogens is 338 g/mol. The highest BCUT2D eigenvalue weighted by Gasteiger charge is 2.04. The van der Waals surface area contributed by atoms with Crippen molar-refractivity contribution in [2.75, 3.05) is 13.1 Å². The van der Waals surface area contributed by atoms with Crippen LogP contribution in [0.25, 0.3) is 5.65 Å². The van der Waals surface area contributed by atoms with E-state index in [1.807, 2.05) is 41.8 Å². The molecule has 0 radical (unpaired) electrons. The molecule has 3 heterocycles. The lowest BCUT2D eigenvalue weighted by Gasteiger charge is -2.11. The highest BCUT2D eigenvalue weighted by Crippen LogP contribution is 2.05. The van der Waals surface area contributed by atoms with Gasteiger partial charge in [0, 0.05) is 25.5 Å². The Labute approximate surface area is 151 Å². The van der Waals surface area contributed by atoms with E-state index in [2.05, 4.69) is 30.8 Å². The number of aliphatic imine (C=N–C) groups is 1. The van der Waals surface area contributed by atoms with Crippen LogP contribution >= 0.6 is 11.6 Å². The minimum atomic E-state index is 0.447. The van der Waals surface area contributed by atoms with Gasteiger partial charge in [-0.15, -0.1) is 10.2 Å². The molecule has 0 aliphatic carbocycles. The zero-order valence-corrected chi connectivity index (χ0v) is 14.7. The molecule has 0 saturated heterocycles. The average Bonchev–Trinajstić information content (AvgIpc) is 3.04. The van der Waals surface area contributed by atoms with Crippen molar-refractivity contribution < 1.29 is 0 Å². The quantitative estimate of drug-likeness (QED) is 0.401. The van der Waals surface area contributed by atoms with Crippen LogP contribution in [-0.4, -0.2) is 38.6 Å². The van der Waals surface area contributed by atoms with Crippen LogP contribution in [0.1, 0.15) is 18.3 Å². The van der Waals surface area contributed by atoms with Crippen LogP contribution in [0.2, 0.25) is 5.15 Å². The Morgan fingerprint density at radius 2 is 2.12 bits per heavy atom. The van der Waals surface area contributed by atoms with Crippen molar-refractivity contribution in [2.24, 2.45) is 4.99 Å². The van der Waals surface area contributed by atoms with Crippen LogP contribution in [-0.2, 0) is 13.0 Å². The second kappa shape index (κ2) is 8.43. The summed E-state index contributed by atoms with van der Waals surface area (Å²) in [6.45, 7) is 4.01. The van der Waals surface area contributed by atoms with Gasteiger partial charge in [0.1, 0.15) is 11.7 Å². The summed E-state index contributed by atoms with van der Waals surface area (Å²) in [5.74, 6) is 1.55. The number of pyridine rings is 2. The fourth-order valence-electron chi connectivity index (χ4n) is 2.37. The van der Waals surface area contributed by atoms with E-state index in [4.69, 9.17) is 11.6 Å². The standard InChI is InChI=1S/C17H20ClN7/c1-2-19-17(20-9-8-13-6-7-14(18)21-11-13)22-12-16-24-23-15-5-3-4-10-25(15)16/h3-7,10-11H,2,8-9,12H2,1H3,(H2,19,20,22). The normalized spacial score (nSPS) is 11.7.